The Balaban J connectivity index is 1.51. The largest absolute Gasteiger partial charge is 0.497 e. The van der Waals surface area contributed by atoms with Gasteiger partial charge in [-0.15, -0.1) is 10.2 Å². The van der Waals surface area contributed by atoms with Crippen LogP contribution in [-0.4, -0.2) is 29.8 Å². The van der Waals surface area contributed by atoms with Gasteiger partial charge in [-0.25, -0.2) is 4.39 Å². The minimum atomic E-state index is -0.346. The summed E-state index contributed by atoms with van der Waals surface area (Å²) in [6, 6.07) is 16.9. The molecule has 0 aliphatic carbocycles. The standard InChI is InChI=1S/C20H19FN4O2/c1-27-17-7-5-14(6-8-17)11-12-22-20(26)18-9-10-19(25-24-18)23-16-4-2-3-15(21)13-16/h2-10,13H,11-12H2,1H3,(H,22,26)(H,23,25). The summed E-state index contributed by atoms with van der Waals surface area (Å²) in [5, 5.41) is 13.6. The van der Waals surface area contributed by atoms with Crippen LogP contribution in [0.15, 0.2) is 60.7 Å². The van der Waals surface area contributed by atoms with Crippen LogP contribution in [0.1, 0.15) is 16.1 Å². The number of nitrogens with zero attached hydrogens (tertiary/aromatic N) is 2. The van der Waals surface area contributed by atoms with Gasteiger partial charge in [0.15, 0.2) is 11.5 Å². The van der Waals surface area contributed by atoms with E-state index in [1.165, 1.54) is 12.1 Å². The van der Waals surface area contributed by atoms with E-state index in [4.69, 9.17) is 4.74 Å². The molecule has 3 rings (SSSR count). The molecule has 0 fully saturated rings. The summed E-state index contributed by atoms with van der Waals surface area (Å²) in [4.78, 5) is 12.1. The SMILES string of the molecule is COc1ccc(CCNC(=O)c2ccc(Nc3cccc(F)c3)nn2)cc1. The van der Waals surface area contributed by atoms with Crippen LogP contribution in [0.2, 0.25) is 0 Å². The number of halogens is 1. The van der Waals surface area contributed by atoms with E-state index in [2.05, 4.69) is 20.8 Å². The van der Waals surface area contributed by atoms with Gasteiger partial charge < -0.3 is 15.4 Å². The normalized spacial score (nSPS) is 10.3. The van der Waals surface area contributed by atoms with Gasteiger partial charge in [0.05, 0.1) is 7.11 Å². The molecule has 0 aliphatic rings. The third-order valence-electron chi connectivity index (χ3n) is 3.85. The van der Waals surface area contributed by atoms with Crippen LogP contribution in [0.25, 0.3) is 0 Å². The van der Waals surface area contributed by atoms with E-state index in [1.54, 1.807) is 31.4 Å². The molecule has 0 unspecified atom stereocenters. The van der Waals surface area contributed by atoms with Gasteiger partial charge >= 0.3 is 0 Å². The van der Waals surface area contributed by atoms with E-state index in [0.29, 0.717) is 24.5 Å². The Morgan fingerprint density at radius 2 is 1.89 bits per heavy atom. The highest BCUT2D eigenvalue weighted by Gasteiger charge is 2.08. The van der Waals surface area contributed by atoms with Gasteiger partial charge in [-0.3, -0.25) is 4.79 Å². The van der Waals surface area contributed by atoms with Crippen LogP contribution >= 0.6 is 0 Å². The number of methoxy groups -OCH3 is 1. The van der Waals surface area contributed by atoms with Gasteiger partial charge in [0.1, 0.15) is 11.6 Å². The summed E-state index contributed by atoms with van der Waals surface area (Å²) in [6.45, 7) is 0.482. The van der Waals surface area contributed by atoms with Crippen molar-refractivity contribution in [1.82, 2.24) is 15.5 Å². The molecule has 138 valence electrons. The second-order valence-corrected chi connectivity index (χ2v) is 5.79. The number of aromatic nitrogens is 2. The van der Waals surface area contributed by atoms with Gasteiger partial charge in [0, 0.05) is 12.2 Å². The fourth-order valence-electron chi connectivity index (χ4n) is 2.44. The van der Waals surface area contributed by atoms with E-state index >= 15 is 0 Å². The average Bonchev–Trinajstić information content (AvgIpc) is 2.69. The lowest BCUT2D eigenvalue weighted by atomic mass is 10.1. The van der Waals surface area contributed by atoms with Gasteiger partial charge in [-0.2, -0.15) is 0 Å². The average molecular weight is 366 g/mol. The van der Waals surface area contributed by atoms with E-state index in [0.717, 1.165) is 11.3 Å². The quantitative estimate of drug-likeness (QED) is 0.671. The third kappa shape index (κ3) is 5.24. The Labute approximate surface area is 156 Å². The Kier molecular flexibility index (Phi) is 5.94. The molecule has 0 radical (unpaired) electrons. The predicted molar refractivity (Wildman–Crippen MR) is 101 cm³/mol. The summed E-state index contributed by atoms with van der Waals surface area (Å²) < 4.78 is 18.3. The zero-order valence-electron chi connectivity index (χ0n) is 14.8. The summed E-state index contributed by atoms with van der Waals surface area (Å²) in [7, 11) is 1.62. The molecule has 0 bridgehead atoms. The number of carbonyl (C=O) groups is 1. The highest BCUT2D eigenvalue weighted by atomic mass is 19.1. The molecule has 0 saturated carbocycles. The third-order valence-corrected chi connectivity index (χ3v) is 3.85. The van der Waals surface area contributed by atoms with Gasteiger partial charge in [0.2, 0.25) is 0 Å². The molecule has 0 aliphatic heterocycles. The smallest absolute Gasteiger partial charge is 0.271 e. The second-order valence-electron chi connectivity index (χ2n) is 5.79. The number of anilines is 2. The van der Waals surface area contributed by atoms with Crippen LogP contribution in [0.4, 0.5) is 15.9 Å². The zero-order chi connectivity index (χ0) is 19.1. The minimum absolute atomic E-state index is 0.217. The first-order valence-electron chi connectivity index (χ1n) is 8.41. The fourth-order valence-corrected chi connectivity index (χ4v) is 2.44. The number of rotatable bonds is 7. The zero-order valence-corrected chi connectivity index (χ0v) is 14.8. The number of ether oxygens (including phenoxy) is 1. The Bertz CT molecular complexity index is 899. The number of hydrogen-bond donors (Lipinski definition) is 2. The lowest BCUT2D eigenvalue weighted by Gasteiger charge is -2.07. The van der Waals surface area contributed by atoms with Gasteiger partial charge in [0.25, 0.3) is 5.91 Å². The second kappa shape index (κ2) is 8.75. The molecule has 0 atom stereocenters. The van der Waals surface area contributed by atoms with Crippen molar-refractivity contribution >= 4 is 17.4 Å². The molecule has 6 nitrogen and oxygen atoms in total. The molecular weight excluding hydrogens is 347 g/mol. The first kappa shape index (κ1) is 18.3. The number of benzene rings is 2. The number of amides is 1. The lowest BCUT2D eigenvalue weighted by molar-refractivity contribution is 0.0948. The van der Waals surface area contributed by atoms with Crippen molar-refractivity contribution in [3.05, 3.63) is 77.7 Å². The number of nitrogens with one attached hydrogen (secondary N) is 2. The first-order valence-corrected chi connectivity index (χ1v) is 8.41. The molecule has 0 spiro atoms. The molecule has 1 aromatic heterocycles. The van der Waals surface area contributed by atoms with Crippen molar-refractivity contribution in [2.75, 3.05) is 19.0 Å². The molecule has 1 heterocycles. The summed E-state index contributed by atoms with van der Waals surface area (Å²) in [5.74, 6) is 0.578. The number of hydrogen-bond acceptors (Lipinski definition) is 5. The molecular formula is C20H19FN4O2. The monoisotopic (exact) mass is 366 g/mol. The molecule has 1 amide bonds. The molecule has 2 aromatic carbocycles. The Morgan fingerprint density at radius 1 is 1.07 bits per heavy atom. The van der Waals surface area contributed by atoms with E-state index in [1.807, 2.05) is 24.3 Å². The maximum absolute atomic E-state index is 13.2. The van der Waals surface area contributed by atoms with E-state index in [-0.39, 0.29) is 17.4 Å². The summed E-state index contributed by atoms with van der Waals surface area (Å²) in [5.41, 5.74) is 1.87. The highest BCUT2D eigenvalue weighted by Crippen LogP contribution is 2.15. The van der Waals surface area contributed by atoms with Crippen molar-refractivity contribution in [3.63, 3.8) is 0 Å². The Morgan fingerprint density at radius 3 is 2.56 bits per heavy atom. The molecule has 3 aromatic rings. The highest BCUT2D eigenvalue weighted by molar-refractivity contribution is 5.92. The van der Waals surface area contributed by atoms with Crippen molar-refractivity contribution < 1.29 is 13.9 Å². The van der Waals surface area contributed by atoms with Crippen molar-refractivity contribution in [2.24, 2.45) is 0 Å². The van der Waals surface area contributed by atoms with Gasteiger partial charge in [-0.05, 0) is 54.4 Å². The van der Waals surface area contributed by atoms with Crippen molar-refractivity contribution in [2.45, 2.75) is 6.42 Å². The van der Waals surface area contributed by atoms with Crippen LogP contribution in [0.3, 0.4) is 0 Å². The van der Waals surface area contributed by atoms with Crippen molar-refractivity contribution in [1.29, 1.82) is 0 Å². The van der Waals surface area contributed by atoms with E-state index < -0.39 is 0 Å². The molecule has 2 N–H and O–H groups in total. The minimum Gasteiger partial charge on any atom is -0.497 e. The Hall–Kier alpha value is -3.48. The van der Waals surface area contributed by atoms with Crippen LogP contribution in [-0.2, 0) is 6.42 Å². The maximum Gasteiger partial charge on any atom is 0.271 e. The van der Waals surface area contributed by atoms with Crippen LogP contribution < -0.4 is 15.4 Å². The van der Waals surface area contributed by atoms with Crippen LogP contribution in [0.5, 0.6) is 5.75 Å². The van der Waals surface area contributed by atoms with Gasteiger partial charge in [-0.1, -0.05) is 18.2 Å². The molecule has 7 heteroatoms. The maximum atomic E-state index is 13.2. The van der Waals surface area contributed by atoms with Crippen molar-refractivity contribution in [3.8, 4) is 5.75 Å². The summed E-state index contributed by atoms with van der Waals surface area (Å²) in [6.07, 6.45) is 0.697. The number of carbonyl (C=O) groups excluding carboxylic acids is 1. The summed E-state index contributed by atoms with van der Waals surface area (Å²) >= 11 is 0. The fraction of sp³-hybridized carbons (Fsp3) is 0.150. The topological polar surface area (TPSA) is 76.1 Å². The van der Waals surface area contributed by atoms with Crippen LogP contribution in [0, 0.1) is 5.82 Å². The lowest BCUT2D eigenvalue weighted by Crippen LogP contribution is -2.26. The predicted octanol–water partition coefficient (Wildman–Crippen LogP) is 3.34. The molecule has 0 saturated heterocycles. The first-order chi connectivity index (χ1) is 13.1. The van der Waals surface area contributed by atoms with E-state index in [9.17, 15) is 9.18 Å². The molecule has 27 heavy (non-hydrogen) atoms.